The number of carbonyl (C=O) groups is 1. The molecular formula is C19H31N5O. The van der Waals surface area contributed by atoms with Gasteiger partial charge < -0.3 is 9.47 Å². The number of hydrogen-bond acceptors (Lipinski definition) is 4. The lowest BCUT2D eigenvalue weighted by Gasteiger charge is -2.36. The Kier molecular flexibility index (Phi) is 5.06. The van der Waals surface area contributed by atoms with Crippen molar-refractivity contribution in [2.45, 2.75) is 70.9 Å². The molecular weight excluding hydrogens is 314 g/mol. The highest BCUT2D eigenvalue weighted by atomic mass is 16.2. The molecule has 1 aliphatic carbocycles. The number of aromatic nitrogens is 3. The van der Waals surface area contributed by atoms with E-state index >= 15 is 0 Å². The average Bonchev–Trinajstić information content (AvgIpc) is 3.23. The van der Waals surface area contributed by atoms with Crippen LogP contribution in [0.5, 0.6) is 0 Å². The second kappa shape index (κ2) is 7.44. The van der Waals surface area contributed by atoms with Gasteiger partial charge in [0.2, 0.25) is 5.91 Å². The molecule has 0 atom stereocenters. The summed E-state index contributed by atoms with van der Waals surface area (Å²) in [5.41, 5.74) is 0. The molecule has 2 saturated heterocycles. The number of amides is 1. The van der Waals surface area contributed by atoms with Crippen LogP contribution in [0.25, 0.3) is 0 Å². The van der Waals surface area contributed by atoms with Crippen molar-refractivity contribution in [2.75, 3.05) is 26.2 Å². The van der Waals surface area contributed by atoms with Gasteiger partial charge in [0.1, 0.15) is 11.6 Å². The molecule has 4 rings (SSSR count). The SMILES string of the molecule is CCn1c(CN2CCCC2)nnc1C1CCN(C(=O)C2CCC2)CC1. The number of carbonyl (C=O) groups excluding carboxylic acids is 1. The monoisotopic (exact) mass is 345 g/mol. The summed E-state index contributed by atoms with van der Waals surface area (Å²) in [6, 6.07) is 0. The van der Waals surface area contributed by atoms with E-state index in [9.17, 15) is 4.79 Å². The van der Waals surface area contributed by atoms with E-state index in [1.54, 1.807) is 0 Å². The molecule has 1 aromatic rings. The van der Waals surface area contributed by atoms with Crippen molar-refractivity contribution in [3.63, 3.8) is 0 Å². The summed E-state index contributed by atoms with van der Waals surface area (Å²) in [6.07, 6.45) is 8.10. The number of likely N-dealkylation sites (tertiary alicyclic amines) is 2. The molecule has 0 unspecified atom stereocenters. The average molecular weight is 345 g/mol. The van der Waals surface area contributed by atoms with Gasteiger partial charge in [0.25, 0.3) is 0 Å². The summed E-state index contributed by atoms with van der Waals surface area (Å²) < 4.78 is 2.33. The van der Waals surface area contributed by atoms with Crippen LogP contribution >= 0.6 is 0 Å². The summed E-state index contributed by atoms with van der Waals surface area (Å²) in [5.74, 6) is 3.43. The first kappa shape index (κ1) is 17.0. The van der Waals surface area contributed by atoms with Gasteiger partial charge in [-0.15, -0.1) is 10.2 Å². The summed E-state index contributed by atoms with van der Waals surface area (Å²) in [6.45, 7) is 8.21. The molecule has 1 aromatic heterocycles. The van der Waals surface area contributed by atoms with Gasteiger partial charge in [-0.05, 0) is 58.5 Å². The lowest BCUT2D eigenvalue weighted by molar-refractivity contribution is -0.139. The van der Waals surface area contributed by atoms with Gasteiger partial charge in [-0.25, -0.2) is 0 Å². The molecule has 3 heterocycles. The molecule has 0 N–H and O–H groups in total. The molecule has 138 valence electrons. The molecule has 0 aromatic carbocycles. The summed E-state index contributed by atoms with van der Waals surface area (Å²) in [5, 5.41) is 9.09. The third-order valence-corrected chi connectivity index (χ3v) is 6.36. The molecule has 3 fully saturated rings. The molecule has 25 heavy (non-hydrogen) atoms. The van der Waals surface area contributed by atoms with Crippen molar-refractivity contribution in [3.05, 3.63) is 11.6 Å². The van der Waals surface area contributed by atoms with Crippen LogP contribution in [0, 0.1) is 5.92 Å². The smallest absolute Gasteiger partial charge is 0.225 e. The van der Waals surface area contributed by atoms with Crippen LogP contribution in [0.3, 0.4) is 0 Å². The van der Waals surface area contributed by atoms with Crippen molar-refractivity contribution in [3.8, 4) is 0 Å². The Morgan fingerprint density at radius 1 is 1.00 bits per heavy atom. The van der Waals surface area contributed by atoms with Crippen LogP contribution < -0.4 is 0 Å². The van der Waals surface area contributed by atoms with E-state index in [0.29, 0.717) is 17.7 Å². The second-order valence-electron chi connectivity index (χ2n) is 7.93. The number of hydrogen-bond donors (Lipinski definition) is 0. The Balaban J connectivity index is 1.38. The topological polar surface area (TPSA) is 54.3 Å². The Labute approximate surface area is 150 Å². The fourth-order valence-corrected chi connectivity index (χ4v) is 4.52. The predicted molar refractivity (Wildman–Crippen MR) is 96.1 cm³/mol. The summed E-state index contributed by atoms with van der Waals surface area (Å²) in [7, 11) is 0. The largest absolute Gasteiger partial charge is 0.342 e. The third kappa shape index (κ3) is 3.46. The van der Waals surface area contributed by atoms with Crippen molar-refractivity contribution in [1.82, 2.24) is 24.6 Å². The zero-order chi connectivity index (χ0) is 17.2. The first-order valence-corrected chi connectivity index (χ1v) is 10.2. The van der Waals surface area contributed by atoms with Crippen molar-refractivity contribution >= 4 is 5.91 Å². The van der Waals surface area contributed by atoms with Crippen LogP contribution in [0.4, 0.5) is 0 Å². The van der Waals surface area contributed by atoms with E-state index in [-0.39, 0.29) is 0 Å². The minimum atomic E-state index is 0.322. The van der Waals surface area contributed by atoms with E-state index in [2.05, 4.69) is 31.5 Å². The van der Waals surface area contributed by atoms with E-state index < -0.39 is 0 Å². The maximum atomic E-state index is 12.4. The van der Waals surface area contributed by atoms with Crippen molar-refractivity contribution < 1.29 is 4.79 Å². The minimum Gasteiger partial charge on any atom is -0.342 e. The normalized spacial score (nSPS) is 23.2. The van der Waals surface area contributed by atoms with E-state index in [1.807, 2.05) is 0 Å². The van der Waals surface area contributed by atoms with Gasteiger partial charge >= 0.3 is 0 Å². The van der Waals surface area contributed by atoms with Gasteiger partial charge in [-0.3, -0.25) is 9.69 Å². The van der Waals surface area contributed by atoms with Crippen LogP contribution in [-0.2, 0) is 17.9 Å². The van der Waals surface area contributed by atoms with Gasteiger partial charge in [-0.1, -0.05) is 6.42 Å². The Morgan fingerprint density at radius 2 is 1.72 bits per heavy atom. The van der Waals surface area contributed by atoms with E-state index in [1.165, 1.54) is 32.4 Å². The first-order valence-electron chi connectivity index (χ1n) is 10.2. The second-order valence-corrected chi connectivity index (χ2v) is 7.93. The molecule has 0 radical (unpaired) electrons. The number of nitrogens with zero attached hydrogens (tertiary/aromatic N) is 5. The van der Waals surface area contributed by atoms with E-state index in [0.717, 1.165) is 63.5 Å². The standard InChI is InChI=1S/C19H31N5O/c1-2-24-17(14-22-10-3-4-11-22)20-21-18(24)15-8-12-23(13-9-15)19(25)16-6-5-7-16/h15-16H,2-14H2,1H3. The number of piperidine rings is 1. The lowest BCUT2D eigenvalue weighted by atomic mass is 9.83. The first-order chi connectivity index (χ1) is 12.3. The Bertz CT molecular complexity index is 595. The molecule has 0 bridgehead atoms. The lowest BCUT2D eigenvalue weighted by Crippen LogP contribution is -2.43. The summed E-state index contributed by atoms with van der Waals surface area (Å²) in [4.78, 5) is 17.0. The molecule has 6 heteroatoms. The Morgan fingerprint density at radius 3 is 2.32 bits per heavy atom. The zero-order valence-corrected chi connectivity index (χ0v) is 15.5. The fraction of sp³-hybridized carbons (Fsp3) is 0.842. The molecule has 0 spiro atoms. The van der Waals surface area contributed by atoms with Crippen LogP contribution in [0.15, 0.2) is 0 Å². The zero-order valence-electron chi connectivity index (χ0n) is 15.5. The minimum absolute atomic E-state index is 0.322. The van der Waals surface area contributed by atoms with Gasteiger partial charge in [0.15, 0.2) is 0 Å². The molecule has 2 aliphatic heterocycles. The highest BCUT2D eigenvalue weighted by Gasteiger charge is 2.33. The van der Waals surface area contributed by atoms with Crippen LogP contribution in [0.2, 0.25) is 0 Å². The highest BCUT2D eigenvalue weighted by molar-refractivity contribution is 5.79. The summed E-state index contributed by atoms with van der Waals surface area (Å²) >= 11 is 0. The van der Waals surface area contributed by atoms with Gasteiger partial charge in [0.05, 0.1) is 6.54 Å². The van der Waals surface area contributed by atoms with Crippen molar-refractivity contribution in [2.24, 2.45) is 5.92 Å². The maximum Gasteiger partial charge on any atom is 0.225 e. The molecule has 1 amide bonds. The molecule has 3 aliphatic rings. The Hall–Kier alpha value is -1.43. The quantitative estimate of drug-likeness (QED) is 0.822. The van der Waals surface area contributed by atoms with Gasteiger partial charge in [-0.2, -0.15) is 0 Å². The third-order valence-electron chi connectivity index (χ3n) is 6.36. The van der Waals surface area contributed by atoms with Crippen LogP contribution in [0.1, 0.15) is 69.4 Å². The number of rotatable bonds is 5. The molecule has 1 saturated carbocycles. The maximum absolute atomic E-state index is 12.4. The highest BCUT2D eigenvalue weighted by Crippen LogP contribution is 2.32. The van der Waals surface area contributed by atoms with E-state index in [4.69, 9.17) is 0 Å². The predicted octanol–water partition coefficient (Wildman–Crippen LogP) is 2.40. The molecule has 6 nitrogen and oxygen atoms in total. The fourth-order valence-electron chi connectivity index (χ4n) is 4.52. The van der Waals surface area contributed by atoms with Crippen LogP contribution in [-0.4, -0.2) is 56.7 Å². The van der Waals surface area contributed by atoms with Crippen molar-refractivity contribution in [1.29, 1.82) is 0 Å². The van der Waals surface area contributed by atoms with Gasteiger partial charge in [0, 0.05) is 31.5 Å².